The van der Waals surface area contributed by atoms with Crippen LogP contribution in [-0.2, 0) is 0 Å². The minimum atomic E-state index is 0.903. The number of hydrazine groups is 1. The maximum absolute atomic E-state index is 5.34. The largest absolute Gasteiger partial charge is 0.323 e. The maximum Gasteiger partial charge on any atom is 0.0578 e. The van der Waals surface area contributed by atoms with Crippen molar-refractivity contribution in [3.05, 3.63) is 36.7 Å². The Hall–Kier alpha value is -1.61. The molecule has 3 N–H and O–H groups in total. The smallest absolute Gasteiger partial charge is 0.0578 e. The second-order valence-corrected chi connectivity index (χ2v) is 2.55. The van der Waals surface area contributed by atoms with Crippen molar-refractivity contribution in [3.8, 4) is 0 Å². The Bertz CT molecular complexity index is 392. The molecule has 3 nitrogen and oxygen atoms in total. The van der Waals surface area contributed by atoms with Crippen LogP contribution in [0.25, 0.3) is 10.8 Å². The third-order valence-corrected chi connectivity index (χ3v) is 1.84. The molecule has 0 spiro atoms. The number of aromatic nitrogens is 1. The fourth-order valence-corrected chi connectivity index (χ4v) is 1.24. The van der Waals surface area contributed by atoms with Gasteiger partial charge in [0.1, 0.15) is 0 Å². The third kappa shape index (κ3) is 1.00. The molecule has 0 aliphatic heterocycles. The summed E-state index contributed by atoms with van der Waals surface area (Å²) in [6, 6.07) is 7.86. The number of fused-ring (bicyclic) bond motifs is 1. The molecule has 0 aliphatic carbocycles. The van der Waals surface area contributed by atoms with Gasteiger partial charge in [0.15, 0.2) is 0 Å². The topological polar surface area (TPSA) is 50.9 Å². The van der Waals surface area contributed by atoms with E-state index in [-0.39, 0.29) is 0 Å². The van der Waals surface area contributed by atoms with Crippen molar-refractivity contribution in [3.63, 3.8) is 0 Å². The quantitative estimate of drug-likeness (QED) is 0.490. The highest BCUT2D eigenvalue weighted by Crippen LogP contribution is 2.20. The van der Waals surface area contributed by atoms with Gasteiger partial charge in [-0.25, -0.2) is 0 Å². The molecule has 0 saturated heterocycles. The van der Waals surface area contributed by atoms with E-state index >= 15 is 0 Å². The van der Waals surface area contributed by atoms with E-state index in [0.29, 0.717) is 0 Å². The Balaban J connectivity index is 2.79. The second kappa shape index (κ2) is 2.79. The van der Waals surface area contributed by atoms with E-state index in [1.165, 1.54) is 0 Å². The molecule has 0 bridgehead atoms. The van der Waals surface area contributed by atoms with Gasteiger partial charge in [0.05, 0.1) is 5.69 Å². The Labute approximate surface area is 70.2 Å². The van der Waals surface area contributed by atoms with Crippen LogP contribution in [0.4, 0.5) is 5.69 Å². The summed E-state index contributed by atoms with van der Waals surface area (Å²) in [4.78, 5) is 4.03. The lowest BCUT2D eigenvalue weighted by Gasteiger charge is -2.03. The van der Waals surface area contributed by atoms with Crippen LogP contribution in [0, 0.1) is 0 Å². The van der Waals surface area contributed by atoms with Crippen molar-refractivity contribution in [2.24, 2.45) is 5.84 Å². The summed E-state index contributed by atoms with van der Waals surface area (Å²) >= 11 is 0. The van der Waals surface area contributed by atoms with E-state index in [9.17, 15) is 0 Å². The maximum atomic E-state index is 5.34. The van der Waals surface area contributed by atoms with Crippen molar-refractivity contribution in [1.29, 1.82) is 0 Å². The lowest BCUT2D eigenvalue weighted by molar-refractivity contribution is 1.33. The Morgan fingerprint density at radius 1 is 1.25 bits per heavy atom. The van der Waals surface area contributed by atoms with Crippen LogP contribution in [0.15, 0.2) is 36.7 Å². The van der Waals surface area contributed by atoms with Gasteiger partial charge < -0.3 is 5.43 Å². The molecule has 2 rings (SSSR count). The van der Waals surface area contributed by atoms with Gasteiger partial charge in [-0.3, -0.25) is 10.8 Å². The first-order valence-electron chi connectivity index (χ1n) is 3.71. The van der Waals surface area contributed by atoms with Gasteiger partial charge >= 0.3 is 0 Å². The van der Waals surface area contributed by atoms with Crippen molar-refractivity contribution in [1.82, 2.24) is 4.98 Å². The summed E-state index contributed by atoms with van der Waals surface area (Å²) in [7, 11) is 0. The zero-order chi connectivity index (χ0) is 8.39. The van der Waals surface area contributed by atoms with Crippen molar-refractivity contribution >= 4 is 16.5 Å². The highest BCUT2D eigenvalue weighted by molar-refractivity contribution is 5.92. The predicted molar refractivity (Wildman–Crippen MR) is 49.6 cm³/mol. The Morgan fingerprint density at radius 2 is 2.17 bits per heavy atom. The highest BCUT2D eigenvalue weighted by Gasteiger charge is 1.96. The summed E-state index contributed by atoms with van der Waals surface area (Å²) in [5, 5.41) is 2.18. The summed E-state index contributed by atoms with van der Waals surface area (Å²) in [5.41, 5.74) is 3.53. The number of nitrogens with one attached hydrogen (secondary N) is 1. The standard InChI is InChI=1S/C9H9N3/c10-12-9-3-1-2-7-4-5-11-6-8(7)9/h1-6,12H,10H2. The number of hydrogen-bond acceptors (Lipinski definition) is 3. The zero-order valence-electron chi connectivity index (χ0n) is 6.49. The number of benzene rings is 1. The van der Waals surface area contributed by atoms with Crippen LogP contribution in [0.1, 0.15) is 0 Å². The molecule has 2 aromatic rings. The van der Waals surface area contributed by atoms with E-state index in [1.807, 2.05) is 24.3 Å². The van der Waals surface area contributed by atoms with E-state index in [2.05, 4.69) is 10.4 Å². The highest BCUT2D eigenvalue weighted by atomic mass is 15.2. The van der Waals surface area contributed by atoms with Crippen molar-refractivity contribution in [2.45, 2.75) is 0 Å². The summed E-state index contributed by atoms with van der Waals surface area (Å²) in [6.07, 6.45) is 3.56. The fourth-order valence-electron chi connectivity index (χ4n) is 1.24. The molecule has 0 radical (unpaired) electrons. The number of pyridine rings is 1. The molecule has 12 heavy (non-hydrogen) atoms. The molecule has 1 heterocycles. The molecule has 3 heteroatoms. The van der Waals surface area contributed by atoms with E-state index in [1.54, 1.807) is 12.4 Å². The molecule has 60 valence electrons. The van der Waals surface area contributed by atoms with Gasteiger partial charge in [-0.15, -0.1) is 0 Å². The van der Waals surface area contributed by atoms with Gasteiger partial charge in [-0.1, -0.05) is 12.1 Å². The van der Waals surface area contributed by atoms with Crippen LogP contribution >= 0.6 is 0 Å². The second-order valence-electron chi connectivity index (χ2n) is 2.55. The van der Waals surface area contributed by atoms with Crippen LogP contribution < -0.4 is 11.3 Å². The zero-order valence-corrected chi connectivity index (χ0v) is 6.49. The van der Waals surface area contributed by atoms with Crippen LogP contribution in [-0.4, -0.2) is 4.98 Å². The lowest BCUT2D eigenvalue weighted by atomic mass is 10.1. The molecular weight excluding hydrogens is 150 g/mol. The van der Waals surface area contributed by atoms with Gasteiger partial charge in [-0.05, 0) is 17.5 Å². The van der Waals surface area contributed by atoms with E-state index < -0.39 is 0 Å². The predicted octanol–water partition coefficient (Wildman–Crippen LogP) is 1.52. The monoisotopic (exact) mass is 159 g/mol. The van der Waals surface area contributed by atoms with E-state index in [4.69, 9.17) is 5.84 Å². The Kier molecular flexibility index (Phi) is 1.64. The molecular formula is C9H9N3. The van der Waals surface area contributed by atoms with Crippen LogP contribution in [0.5, 0.6) is 0 Å². The molecule has 0 atom stereocenters. The van der Waals surface area contributed by atoms with Crippen molar-refractivity contribution in [2.75, 3.05) is 5.43 Å². The molecule has 0 saturated carbocycles. The fraction of sp³-hybridized carbons (Fsp3) is 0. The average Bonchev–Trinajstić information content (AvgIpc) is 2.17. The molecule has 0 unspecified atom stereocenters. The number of nitrogens with zero attached hydrogens (tertiary/aromatic N) is 1. The molecule has 0 aliphatic rings. The first-order valence-corrected chi connectivity index (χ1v) is 3.71. The van der Waals surface area contributed by atoms with Gasteiger partial charge in [0, 0.05) is 17.8 Å². The summed E-state index contributed by atoms with van der Waals surface area (Å²) in [6.45, 7) is 0. The summed E-state index contributed by atoms with van der Waals surface area (Å²) < 4.78 is 0. The number of nitrogens with two attached hydrogens (primary N) is 1. The molecule has 0 amide bonds. The third-order valence-electron chi connectivity index (χ3n) is 1.84. The number of rotatable bonds is 1. The SMILES string of the molecule is NNc1cccc2ccncc12. The van der Waals surface area contributed by atoms with Crippen LogP contribution in [0.3, 0.4) is 0 Å². The van der Waals surface area contributed by atoms with Gasteiger partial charge in [0.2, 0.25) is 0 Å². The number of nitrogen functional groups attached to an aromatic ring is 1. The lowest BCUT2D eigenvalue weighted by Crippen LogP contribution is -2.06. The first kappa shape index (κ1) is 7.06. The normalized spacial score (nSPS) is 10.1. The minimum absolute atomic E-state index is 0.903. The molecule has 1 aromatic carbocycles. The van der Waals surface area contributed by atoms with Gasteiger partial charge in [-0.2, -0.15) is 0 Å². The van der Waals surface area contributed by atoms with Crippen LogP contribution in [0.2, 0.25) is 0 Å². The summed E-state index contributed by atoms with van der Waals surface area (Å²) in [5.74, 6) is 5.34. The minimum Gasteiger partial charge on any atom is -0.323 e. The number of anilines is 1. The number of hydrogen-bond donors (Lipinski definition) is 2. The Morgan fingerprint density at radius 3 is 3.00 bits per heavy atom. The molecule has 0 fully saturated rings. The van der Waals surface area contributed by atoms with E-state index in [0.717, 1.165) is 16.5 Å². The van der Waals surface area contributed by atoms with Crippen molar-refractivity contribution < 1.29 is 0 Å². The molecule has 1 aromatic heterocycles. The van der Waals surface area contributed by atoms with Gasteiger partial charge in [0.25, 0.3) is 0 Å². The first-order chi connectivity index (χ1) is 5.92. The average molecular weight is 159 g/mol.